The SMILES string of the molecule is Cc1nc(C)c(C(=O)C2C(=O)C(=O)N(CC[NH+]3CCOCC3)C2c2ccncc2)s1. The molecule has 0 radical (unpaired) electrons. The van der Waals surface area contributed by atoms with Crippen LogP contribution in [0.2, 0.25) is 0 Å². The van der Waals surface area contributed by atoms with Crippen LogP contribution in [0.3, 0.4) is 0 Å². The molecule has 8 nitrogen and oxygen atoms in total. The molecule has 0 aliphatic carbocycles. The van der Waals surface area contributed by atoms with Crippen molar-refractivity contribution in [2.24, 2.45) is 5.92 Å². The predicted octanol–water partition coefficient (Wildman–Crippen LogP) is 0.0215. The number of morpholine rings is 1. The second-order valence-corrected chi connectivity index (χ2v) is 8.89. The number of amides is 1. The number of quaternary nitrogens is 1. The number of hydrogen-bond acceptors (Lipinski definition) is 7. The number of nitrogens with one attached hydrogen (secondary N) is 1. The summed E-state index contributed by atoms with van der Waals surface area (Å²) in [5, 5.41) is 0.765. The van der Waals surface area contributed by atoms with Crippen molar-refractivity contribution in [2.75, 3.05) is 39.4 Å². The molecule has 0 spiro atoms. The summed E-state index contributed by atoms with van der Waals surface area (Å²) in [4.78, 5) is 51.1. The van der Waals surface area contributed by atoms with Crippen molar-refractivity contribution in [3.8, 4) is 0 Å². The van der Waals surface area contributed by atoms with Gasteiger partial charge in [0.05, 0.1) is 47.9 Å². The third-order valence-electron chi connectivity index (χ3n) is 5.77. The highest BCUT2D eigenvalue weighted by atomic mass is 32.1. The molecule has 0 aromatic carbocycles. The van der Waals surface area contributed by atoms with Gasteiger partial charge in [-0.25, -0.2) is 4.98 Å². The highest BCUT2D eigenvalue weighted by Crippen LogP contribution is 2.38. The van der Waals surface area contributed by atoms with Crippen LogP contribution in [0.15, 0.2) is 24.5 Å². The molecule has 0 saturated carbocycles. The Labute approximate surface area is 178 Å². The normalized spacial score (nSPS) is 22.7. The topological polar surface area (TPSA) is 93.9 Å². The fourth-order valence-corrected chi connectivity index (χ4v) is 5.15. The van der Waals surface area contributed by atoms with Gasteiger partial charge in [0.15, 0.2) is 5.78 Å². The average molecular weight is 430 g/mol. The Morgan fingerprint density at radius 1 is 1.23 bits per heavy atom. The molecule has 1 N–H and O–H groups in total. The van der Waals surface area contributed by atoms with Crippen LogP contribution in [0.25, 0.3) is 0 Å². The summed E-state index contributed by atoms with van der Waals surface area (Å²) in [6.07, 6.45) is 3.25. The van der Waals surface area contributed by atoms with Gasteiger partial charge in [0.2, 0.25) is 5.78 Å². The molecular formula is C21H25N4O4S+. The Kier molecular flexibility index (Phi) is 6.03. The van der Waals surface area contributed by atoms with E-state index in [-0.39, 0.29) is 5.78 Å². The number of carbonyl (C=O) groups excluding carboxylic acids is 3. The number of thiazole rings is 1. The van der Waals surface area contributed by atoms with Crippen molar-refractivity contribution in [1.29, 1.82) is 0 Å². The molecule has 9 heteroatoms. The van der Waals surface area contributed by atoms with Crippen LogP contribution < -0.4 is 4.90 Å². The van der Waals surface area contributed by atoms with Gasteiger partial charge in [-0.3, -0.25) is 19.4 Å². The maximum Gasteiger partial charge on any atom is 0.291 e. The molecule has 158 valence electrons. The molecule has 1 amide bonds. The predicted molar refractivity (Wildman–Crippen MR) is 109 cm³/mol. The van der Waals surface area contributed by atoms with Crippen LogP contribution in [0.5, 0.6) is 0 Å². The zero-order valence-corrected chi connectivity index (χ0v) is 17.9. The minimum atomic E-state index is -1.06. The summed E-state index contributed by atoms with van der Waals surface area (Å²) in [6, 6.07) is 2.93. The van der Waals surface area contributed by atoms with E-state index in [1.165, 1.54) is 16.2 Å². The molecule has 2 saturated heterocycles. The lowest BCUT2D eigenvalue weighted by atomic mass is 9.88. The van der Waals surface area contributed by atoms with Crippen LogP contribution in [0.1, 0.15) is 32.0 Å². The first-order valence-corrected chi connectivity index (χ1v) is 10.9. The number of ether oxygens (including phenoxy) is 1. The summed E-state index contributed by atoms with van der Waals surface area (Å²) in [6.45, 7) is 7.85. The van der Waals surface area contributed by atoms with Gasteiger partial charge in [0.1, 0.15) is 19.0 Å². The monoisotopic (exact) mass is 429 g/mol. The highest BCUT2D eigenvalue weighted by molar-refractivity contribution is 7.13. The molecule has 0 bridgehead atoms. The molecule has 2 aromatic rings. The minimum absolute atomic E-state index is 0.320. The van der Waals surface area contributed by atoms with Crippen LogP contribution >= 0.6 is 11.3 Å². The van der Waals surface area contributed by atoms with Crippen molar-refractivity contribution < 1.29 is 24.0 Å². The number of rotatable bonds is 6. The van der Waals surface area contributed by atoms with E-state index in [2.05, 4.69) is 9.97 Å². The number of pyridine rings is 1. The van der Waals surface area contributed by atoms with Gasteiger partial charge in [0.25, 0.3) is 5.91 Å². The van der Waals surface area contributed by atoms with E-state index in [1.54, 1.807) is 36.4 Å². The second kappa shape index (κ2) is 8.71. The molecule has 30 heavy (non-hydrogen) atoms. The zero-order chi connectivity index (χ0) is 21.3. The fourth-order valence-electron chi connectivity index (χ4n) is 4.25. The number of carbonyl (C=O) groups is 3. The number of aromatic nitrogens is 2. The molecule has 2 atom stereocenters. The molecule has 2 aromatic heterocycles. The molecule has 2 fully saturated rings. The Hall–Kier alpha value is -2.49. The van der Waals surface area contributed by atoms with E-state index < -0.39 is 23.7 Å². The molecule has 2 unspecified atom stereocenters. The number of likely N-dealkylation sites (tertiary alicyclic amines) is 1. The van der Waals surface area contributed by atoms with Gasteiger partial charge in [-0.15, -0.1) is 11.3 Å². The molecule has 4 heterocycles. The lowest BCUT2D eigenvalue weighted by molar-refractivity contribution is -0.907. The van der Waals surface area contributed by atoms with Crippen molar-refractivity contribution in [3.05, 3.63) is 45.7 Å². The number of aryl methyl sites for hydroxylation is 2. The Balaban J connectivity index is 1.66. The van der Waals surface area contributed by atoms with E-state index in [4.69, 9.17) is 4.74 Å². The van der Waals surface area contributed by atoms with Gasteiger partial charge in [-0.05, 0) is 31.5 Å². The van der Waals surface area contributed by atoms with Crippen LogP contribution in [0, 0.1) is 19.8 Å². The maximum absolute atomic E-state index is 13.4. The van der Waals surface area contributed by atoms with E-state index >= 15 is 0 Å². The number of ketones is 2. The van der Waals surface area contributed by atoms with Crippen molar-refractivity contribution >= 4 is 28.8 Å². The van der Waals surface area contributed by atoms with Gasteiger partial charge in [-0.1, -0.05) is 0 Å². The lowest BCUT2D eigenvalue weighted by Gasteiger charge is -2.30. The molecule has 2 aliphatic heterocycles. The van der Waals surface area contributed by atoms with Crippen LogP contribution in [0.4, 0.5) is 0 Å². The average Bonchev–Trinajstić information content (AvgIpc) is 3.23. The smallest absolute Gasteiger partial charge is 0.291 e. The quantitative estimate of drug-likeness (QED) is 0.395. The minimum Gasteiger partial charge on any atom is -0.370 e. The fraction of sp³-hybridized carbons (Fsp3) is 0.476. The zero-order valence-electron chi connectivity index (χ0n) is 17.1. The van der Waals surface area contributed by atoms with Gasteiger partial charge in [0, 0.05) is 12.4 Å². The Morgan fingerprint density at radius 3 is 2.57 bits per heavy atom. The summed E-state index contributed by atoms with van der Waals surface area (Å²) >= 11 is 1.27. The van der Waals surface area contributed by atoms with Crippen molar-refractivity contribution in [3.63, 3.8) is 0 Å². The lowest BCUT2D eigenvalue weighted by Crippen LogP contribution is -3.14. The summed E-state index contributed by atoms with van der Waals surface area (Å²) in [5.41, 5.74) is 1.35. The molecule has 4 rings (SSSR count). The summed E-state index contributed by atoms with van der Waals surface area (Å²) < 4.78 is 5.40. The number of nitrogens with zero attached hydrogens (tertiary/aromatic N) is 3. The van der Waals surface area contributed by atoms with Crippen molar-refractivity contribution in [2.45, 2.75) is 19.9 Å². The maximum atomic E-state index is 13.4. The van der Waals surface area contributed by atoms with E-state index in [0.717, 1.165) is 23.7 Å². The van der Waals surface area contributed by atoms with Gasteiger partial charge < -0.3 is 14.5 Å². The first-order chi connectivity index (χ1) is 14.5. The van der Waals surface area contributed by atoms with Crippen LogP contribution in [-0.2, 0) is 14.3 Å². The van der Waals surface area contributed by atoms with E-state index in [1.807, 2.05) is 6.92 Å². The number of hydrogen-bond donors (Lipinski definition) is 1. The molecule has 2 aliphatic rings. The van der Waals surface area contributed by atoms with E-state index in [9.17, 15) is 14.4 Å². The van der Waals surface area contributed by atoms with Crippen molar-refractivity contribution in [1.82, 2.24) is 14.9 Å². The van der Waals surface area contributed by atoms with Crippen LogP contribution in [-0.4, -0.2) is 71.7 Å². The highest BCUT2D eigenvalue weighted by Gasteiger charge is 2.52. The summed E-state index contributed by atoms with van der Waals surface area (Å²) in [7, 11) is 0. The van der Waals surface area contributed by atoms with Gasteiger partial charge >= 0.3 is 0 Å². The summed E-state index contributed by atoms with van der Waals surface area (Å²) in [5.74, 6) is -2.59. The second-order valence-electron chi connectivity index (χ2n) is 7.69. The third kappa shape index (κ3) is 3.92. The van der Waals surface area contributed by atoms with E-state index in [0.29, 0.717) is 36.9 Å². The first kappa shape index (κ1) is 20.8. The Morgan fingerprint density at radius 2 is 1.93 bits per heavy atom. The number of Topliss-reactive ketones (excluding diaryl/α,β-unsaturated/α-hetero) is 2. The Bertz CT molecular complexity index is 955. The molecular weight excluding hydrogens is 404 g/mol. The standard InChI is InChI=1S/C21H24N4O4S/c1-13-20(30-14(2)23-13)18(26)16-17(15-3-5-22-6-4-15)25(21(28)19(16)27)8-7-24-9-11-29-12-10-24/h3-6,16-17H,7-12H2,1-2H3/p+1. The third-order valence-corrected chi connectivity index (χ3v) is 6.86. The van der Waals surface area contributed by atoms with Gasteiger partial charge in [-0.2, -0.15) is 0 Å². The first-order valence-electron chi connectivity index (χ1n) is 10.1. The largest absolute Gasteiger partial charge is 0.370 e.